The van der Waals surface area contributed by atoms with Gasteiger partial charge in [-0.05, 0) is 69.9 Å². The Bertz CT molecular complexity index is 2090. The summed E-state index contributed by atoms with van der Waals surface area (Å²) in [5.74, 6) is -0.127. The minimum Gasteiger partial charge on any atom is -0.444 e. The molecule has 2 aliphatic heterocycles. The van der Waals surface area contributed by atoms with E-state index in [2.05, 4.69) is 16.5 Å². The summed E-state index contributed by atoms with van der Waals surface area (Å²) >= 11 is 7.67. The number of carbonyl (C=O) groups is 2. The van der Waals surface area contributed by atoms with Gasteiger partial charge in [0, 0.05) is 36.5 Å². The fourth-order valence-corrected chi connectivity index (χ4v) is 8.05. The van der Waals surface area contributed by atoms with Crippen molar-refractivity contribution in [1.29, 1.82) is 0 Å². The Morgan fingerprint density at radius 1 is 1.12 bits per heavy atom. The Balaban J connectivity index is 1.26. The summed E-state index contributed by atoms with van der Waals surface area (Å²) < 4.78 is 53.9. The fraction of sp³-hybridized carbons (Fsp3) is 0.500. The minimum atomic E-state index is -4.60. The van der Waals surface area contributed by atoms with Gasteiger partial charge in [-0.15, -0.1) is 16.4 Å². The summed E-state index contributed by atoms with van der Waals surface area (Å²) in [5, 5.41) is 7.02. The average molecular weight is 748 g/mol. The van der Waals surface area contributed by atoms with Crippen LogP contribution in [0.5, 0.6) is 0 Å². The maximum Gasteiger partial charge on any atom is 0.416 e. The van der Waals surface area contributed by atoms with Gasteiger partial charge in [-0.2, -0.15) is 22.7 Å². The van der Waals surface area contributed by atoms with Crippen LogP contribution in [0.15, 0.2) is 29.1 Å². The van der Waals surface area contributed by atoms with Gasteiger partial charge in [-0.1, -0.05) is 18.5 Å². The molecule has 3 aromatic heterocycles. The Labute approximate surface area is 300 Å². The van der Waals surface area contributed by atoms with Gasteiger partial charge >= 0.3 is 12.3 Å². The molecule has 2 fully saturated rings. The highest BCUT2D eigenvalue weighted by atomic mass is 35.5. The number of ether oxygens (including phenoxy) is 2. The van der Waals surface area contributed by atoms with Crippen molar-refractivity contribution in [3.8, 4) is 10.7 Å². The van der Waals surface area contributed by atoms with Gasteiger partial charge < -0.3 is 29.2 Å². The molecule has 5 heterocycles. The molecule has 3 aliphatic rings. The van der Waals surface area contributed by atoms with E-state index in [0.717, 1.165) is 40.8 Å². The molecule has 0 radical (unpaired) electrons. The second-order valence-corrected chi connectivity index (χ2v) is 15.6. The maximum atomic E-state index is 14.3. The van der Waals surface area contributed by atoms with E-state index < -0.39 is 34.9 Å². The van der Waals surface area contributed by atoms with Gasteiger partial charge in [-0.25, -0.2) is 4.79 Å². The number of nitrogens with zero attached hydrogens (tertiary/aromatic N) is 6. The number of fused-ring (bicyclic) bond motifs is 3. The van der Waals surface area contributed by atoms with Crippen LogP contribution >= 0.6 is 22.9 Å². The first-order valence-corrected chi connectivity index (χ1v) is 17.9. The highest BCUT2D eigenvalue weighted by Gasteiger charge is 2.49. The lowest BCUT2D eigenvalue weighted by Gasteiger charge is -2.37. The van der Waals surface area contributed by atoms with Crippen LogP contribution in [0, 0.1) is 0 Å². The first kappa shape index (κ1) is 35.3. The maximum absolute atomic E-state index is 14.3. The highest BCUT2D eigenvalue weighted by molar-refractivity contribution is 7.15. The Hall–Kier alpha value is -4.15. The van der Waals surface area contributed by atoms with E-state index in [9.17, 15) is 27.6 Å². The molecule has 7 rings (SSSR count). The third kappa shape index (κ3) is 6.80. The molecule has 1 saturated carbocycles. The van der Waals surface area contributed by atoms with Crippen LogP contribution in [0.2, 0.25) is 5.02 Å². The van der Waals surface area contributed by atoms with E-state index in [0.29, 0.717) is 63.0 Å². The molecule has 1 aromatic carbocycles. The summed E-state index contributed by atoms with van der Waals surface area (Å²) in [6.45, 7) is 9.30. The SMILES string of the molecule is CCc1c(N2CCN(C(=O)OC(C)(C)C)CC2)c(=O)n2nc(-c3cc4c(s3)COCC43CC3)nc2n1CC(=O)Nc1ccc(C(F)(F)F)cc1Cl. The Morgan fingerprint density at radius 3 is 2.47 bits per heavy atom. The number of alkyl halides is 3. The van der Waals surface area contributed by atoms with Crippen molar-refractivity contribution in [2.75, 3.05) is 43.0 Å². The zero-order chi connectivity index (χ0) is 36.5. The van der Waals surface area contributed by atoms with Gasteiger partial charge in [0.15, 0.2) is 5.82 Å². The van der Waals surface area contributed by atoms with Gasteiger partial charge in [-0.3, -0.25) is 9.59 Å². The van der Waals surface area contributed by atoms with Gasteiger partial charge in [0.1, 0.15) is 17.8 Å². The molecule has 272 valence electrons. The quantitative estimate of drug-likeness (QED) is 0.251. The molecular weight excluding hydrogens is 711 g/mol. The normalized spacial score (nSPS) is 17.2. The molecule has 1 N–H and O–H groups in total. The summed E-state index contributed by atoms with van der Waals surface area (Å²) in [6.07, 6.45) is -2.62. The van der Waals surface area contributed by atoms with Crippen molar-refractivity contribution in [2.45, 2.75) is 77.3 Å². The van der Waals surface area contributed by atoms with E-state index in [1.165, 1.54) is 21.4 Å². The first-order chi connectivity index (χ1) is 24.1. The van der Waals surface area contributed by atoms with E-state index in [1.807, 2.05) is 11.8 Å². The molecule has 51 heavy (non-hydrogen) atoms. The number of rotatable bonds is 6. The number of nitrogens with one attached hydrogen (secondary N) is 1. The second kappa shape index (κ2) is 12.8. The van der Waals surface area contributed by atoms with Crippen LogP contribution in [0.25, 0.3) is 16.5 Å². The number of piperazine rings is 1. The molecule has 1 saturated heterocycles. The van der Waals surface area contributed by atoms with Gasteiger partial charge in [0.2, 0.25) is 11.7 Å². The molecule has 1 spiro atoms. The Kier molecular flexibility index (Phi) is 8.86. The summed E-state index contributed by atoms with van der Waals surface area (Å²) in [5.41, 5.74) is 0.0706. The monoisotopic (exact) mass is 747 g/mol. The van der Waals surface area contributed by atoms with E-state index in [-0.39, 0.29) is 28.4 Å². The highest BCUT2D eigenvalue weighted by Crippen LogP contribution is 2.54. The molecule has 2 amide bonds. The van der Waals surface area contributed by atoms with Gasteiger partial charge in [0.05, 0.1) is 40.1 Å². The van der Waals surface area contributed by atoms with E-state index in [1.54, 1.807) is 30.2 Å². The van der Waals surface area contributed by atoms with Crippen LogP contribution in [0.3, 0.4) is 0 Å². The largest absolute Gasteiger partial charge is 0.444 e. The van der Waals surface area contributed by atoms with Crippen molar-refractivity contribution >= 4 is 52.1 Å². The molecule has 0 unspecified atom stereocenters. The van der Waals surface area contributed by atoms with Crippen LogP contribution < -0.4 is 15.8 Å². The van der Waals surface area contributed by atoms with Crippen molar-refractivity contribution in [3.63, 3.8) is 0 Å². The number of aromatic nitrogens is 4. The molecule has 17 heteroatoms. The first-order valence-electron chi connectivity index (χ1n) is 16.7. The smallest absolute Gasteiger partial charge is 0.416 e. The number of anilines is 2. The summed E-state index contributed by atoms with van der Waals surface area (Å²) in [6, 6.07) is 4.78. The molecule has 1 aliphatic carbocycles. The second-order valence-electron chi connectivity index (χ2n) is 14.1. The summed E-state index contributed by atoms with van der Waals surface area (Å²) in [4.78, 5) is 50.8. The predicted octanol–water partition coefficient (Wildman–Crippen LogP) is 6.11. The van der Waals surface area contributed by atoms with E-state index >= 15 is 0 Å². The fourth-order valence-electron chi connectivity index (χ4n) is 6.68. The van der Waals surface area contributed by atoms with Crippen molar-refractivity contribution in [2.24, 2.45) is 0 Å². The third-order valence-corrected chi connectivity index (χ3v) is 10.8. The van der Waals surface area contributed by atoms with Crippen molar-refractivity contribution < 1.29 is 32.2 Å². The minimum absolute atomic E-state index is 0.00538. The molecular formula is C34H37ClF3N7O5S. The molecule has 0 atom stereocenters. The number of hydrogen-bond donors (Lipinski definition) is 1. The average Bonchev–Trinajstić information content (AvgIpc) is 3.46. The molecule has 12 nitrogen and oxygen atoms in total. The summed E-state index contributed by atoms with van der Waals surface area (Å²) in [7, 11) is 0. The molecule has 4 aromatic rings. The zero-order valence-corrected chi connectivity index (χ0v) is 30.1. The number of halogens is 4. The lowest BCUT2D eigenvalue weighted by molar-refractivity contribution is -0.137. The lowest BCUT2D eigenvalue weighted by atomic mass is 9.95. The van der Waals surface area contributed by atoms with Crippen LogP contribution in [-0.2, 0) is 45.4 Å². The van der Waals surface area contributed by atoms with Crippen molar-refractivity contribution in [1.82, 2.24) is 24.1 Å². The number of hydrogen-bond acceptors (Lipinski definition) is 9. The third-order valence-electron chi connectivity index (χ3n) is 9.35. The predicted molar refractivity (Wildman–Crippen MR) is 186 cm³/mol. The Morgan fingerprint density at radius 2 is 1.84 bits per heavy atom. The topological polar surface area (TPSA) is 123 Å². The van der Waals surface area contributed by atoms with Crippen LogP contribution in [-0.4, -0.2) is 74.5 Å². The zero-order valence-electron chi connectivity index (χ0n) is 28.5. The standard InChI is InChI=1S/C34H37ClF3N7O5S/c1-5-23-27(42-10-12-43(13-11-42)31(48)50-32(2,3)4)29(47)45-30(40-28(41-45)24-15-20-25(51-24)17-49-18-33(20)8-9-33)44(23)16-26(46)39-22-7-6-19(14-21(22)35)34(36,37)38/h6-7,14-15H,5,8-13,16-18H2,1-4H3,(H,39,46). The van der Waals surface area contributed by atoms with Crippen LogP contribution in [0.1, 0.15) is 62.2 Å². The molecule has 0 bridgehead atoms. The number of amides is 2. The van der Waals surface area contributed by atoms with Crippen molar-refractivity contribution in [3.05, 3.63) is 61.3 Å². The van der Waals surface area contributed by atoms with Crippen LogP contribution in [0.4, 0.5) is 29.3 Å². The number of benzene rings is 1. The number of carbonyl (C=O) groups excluding carboxylic acids is 2. The number of thiophene rings is 1. The lowest BCUT2D eigenvalue weighted by Crippen LogP contribution is -2.51. The van der Waals surface area contributed by atoms with Gasteiger partial charge in [0.25, 0.3) is 5.56 Å². The van der Waals surface area contributed by atoms with E-state index in [4.69, 9.17) is 26.1 Å².